The first-order valence-corrected chi connectivity index (χ1v) is 3.60. The topological polar surface area (TPSA) is 83.3 Å². The fraction of sp³-hybridized carbons (Fsp3) is 0.429. The van der Waals surface area contributed by atoms with Crippen LogP contribution in [-0.2, 0) is 6.42 Å². The van der Waals surface area contributed by atoms with E-state index in [2.05, 4.69) is 4.52 Å². The summed E-state index contributed by atoms with van der Waals surface area (Å²) in [5.41, 5.74) is -0.237. The first-order valence-electron chi connectivity index (χ1n) is 3.60. The van der Waals surface area contributed by atoms with Crippen molar-refractivity contribution in [2.45, 2.75) is 19.8 Å². The van der Waals surface area contributed by atoms with Crippen LogP contribution in [0.5, 0.6) is 0 Å². The Hall–Kier alpha value is -1.52. The SMILES string of the molecule is CCCc1c(C(=O)O)o[nH]c1=O. The van der Waals surface area contributed by atoms with Crippen LogP contribution in [0.15, 0.2) is 9.32 Å². The van der Waals surface area contributed by atoms with Crippen molar-refractivity contribution in [3.05, 3.63) is 21.7 Å². The molecule has 5 heteroatoms. The highest BCUT2D eigenvalue weighted by atomic mass is 16.5. The summed E-state index contributed by atoms with van der Waals surface area (Å²) in [6.07, 6.45) is 1.14. The Kier molecular flexibility index (Phi) is 2.32. The molecule has 0 fully saturated rings. The van der Waals surface area contributed by atoms with Gasteiger partial charge in [-0.2, -0.15) is 5.16 Å². The van der Waals surface area contributed by atoms with E-state index < -0.39 is 11.5 Å². The second-order valence-corrected chi connectivity index (χ2v) is 2.40. The highest BCUT2D eigenvalue weighted by Crippen LogP contribution is 2.05. The van der Waals surface area contributed by atoms with Crippen molar-refractivity contribution in [2.24, 2.45) is 0 Å². The predicted octanol–water partition coefficient (Wildman–Crippen LogP) is 0.619. The van der Waals surface area contributed by atoms with E-state index in [1.807, 2.05) is 12.1 Å². The van der Waals surface area contributed by atoms with Crippen LogP contribution in [0.4, 0.5) is 0 Å². The fourth-order valence-electron chi connectivity index (χ4n) is 0.973. The Morgan fingerprint density at radius 1 is 1.67 bits per heavy atom. The molecule has 1 heterocycles. The minimum Gasteiger partial charge on any atom is -0.475 e. The standard InChI is InChI=1S/C7H9NO4/c1-2-3-4-5(7(10)11)12-8-6(4)9/h2-3H2,1H3,(H,8,9)(H,10,11). The van der Waals surface area contributed by atoms with Crippen molar-refractivity contribution in [1.29, 1.82) is 0 Å². The van der Waals surface area contributed by atoms with Crippen molar-refractivity contribution in [2.75, 3.05) is 0 Å². The second kappa shape index (κ2) is 3.25. The molecule has 5 nitrogen and oxygen atoms in total. The summed E-state index contributed by atoms with van der Waals surface area (Å²) in [6.45, 7) is 1.86. The lowest BCUT2D eigenvalue weighted by Crippen LogP contribution is -2.08. The van der Waals surface area contributed by atoms with E-state index in [0.29, 0.717) is 12.8 Å². The first kappa shape index (κ1) is 8.58. The zero-order valence-electron chi connectivity index (χ0n) is 6.59. The van der Waals surface area contributed by atoms with Crippen LogP contribution in [0, 0.1) is 0 Å². The third-order valence-electron chi connectivity index (χ3n) is 1.49. The number of H-pyrrole nitrogens is 1. The first-order chi connectivity index (χ1) is 5.66. The van der Waals surface area contributed by atoms with Gasteiger partial charge in [-0.1, -0.05) is 13.3 Å². The summed E-state index contributed by atoms with van der Waals surface area (Å²) >= 11 is 0. The summed E-state index contributed by atoms with van der Waals surface area (Å²) in [5, 5.41) is 10.5. The molecule has 66 valence electrons. The number of aromatic amines is 1. The van der Waals surface area contributed by atoms with Gasteiger partial charge in [-0.05, 0) is 6.42 Å². The molecule has 0 atom stereocenters. The smallest absolute Gasteiger partial charge is 0.375 e. The van der Waals surface area contributed by atoms with Crippen LogP contribution in [0.1, 0.15) is 29.5 Å². The van der Waals surface area contributed by atoms with Gasteiger partial charge in [-0.3, -0.25) is 4.79 Å². The van der Waals surface area contributed by atoms with Gasteiger partial charge >= 0.3 is 5.97 Å². The molecule has 0 aliphatic rings. The van der Waals surface area contributed by atoms with E-state index in [-0.39, 0.29) is 11.3 Å². The Balaban J connectivity index is 3.12. The molecule has 1 aromatic heterocycles. The lowest BCUT2D eigenvalue weighted by Gasteiger charge is -1.90. The van der Waals surface area contributed by atoms with Crippen LogP contribution < -0.4 is 5.56 Å². The van der Waals surface area contributed by atoms with Gasteiger partial charge in [0.05, 0.1) is 5.56 Å². The Morgan fingerprint density at radius 2 is 2.33 bits per heavy atom. The van der Waals surface area contributed by atoms with Crippen molar-refractivity contribution in [3.8, 4) is 0 Å². The van der Waals surface area contributed by atoms with E-state index in [1.54, 1.807) is 0 Å². The molecule has 2 N–H and O–H groups in total. The number of rotatable bonds is 3. The molecular weight excluding hydrogens is 162 g/mol. The minimum absolute atomic E-state index is 0.213. The Morgan fingerprint density at radius 3 is 2.83 bits per heavy atom. The van der Waals surface area contributed by atoms with Gasteiger partial charge in [0.2, 0.25) is 5.76 Å². The number of nitrogens with one attached hydrogen (secondary N) is 1. The van der Waals surface area contributed by atoms with Gasteiger partial charge in [0.15, 0.2) is 0 Å². The average Bonchev–Trinajstić information content (AvgIpc) is 2.34. The maximum absolute atomic E-state index is 10.9. The molecule has 0 amide bonds. The third kappa shape index (κ3) is 1.39. The lowest BCUT2D eigenvalue weighted by atomic mass is 10.1. The number of aromatic nitrogens is 1. The maximum atomic E-state index is 10.9. The lowest BCUT2D eigenvalue weighted by molar-refractivity contribution is 0.0650. The Bertz CT molecular complexity index is 335. The predicted molar refractivity (Wildman–Crippen MR) is 40.3 cm³/mol. The molecule has 0 unspecified atom stereocenters. The number of carboxylic acid groups (broad SMARTS) is 1. The molecule has 0 bridgehead atoms. The van der Waals surface area contributed by atoms with Crippen molar-refractivity contribution < 1.29 is 14.4 Å². The van der Waals surface area contributed by atoms with Gasteiger partial charge in [0.1, 0.15) is 0 Å². The minimum atomic E-state index is -1.21. The molecule has 0 aliphatic carbocycles. The van der Waals surface area contributed by atoms with Crippen LogP contribution in [0.25, 0.3) is 0 Å². The number of carbonyl (C=O) groups is 1. The molecule has 0 aliphatic heterocycles. The molecule has 0 saturated carbocycles. The molecule has 0 radical (unpaired) electrons. The van der Waals surface area contributed by atoms with Gasteiger partial charge in [-0.25, -0.2) is 4.79 Å². The van der Waals surface area contributed by atoms with E-state index in [1.165, 1.54) is 0 Å². The molecule has 0 spiro atoms. The summed E-state index contributed by atoms with van der Waals surface area (Å²) in [6, 6.07) is 0. The van der Waals surface area contributed by atoms with Crippen molar-refractivity contribution in [1.82, 2.24) is 5.16 Å². The van der Waals surface area contributed by atoms with Gasteiger partial charge in [-0.15, -0.1) is 0 Å². The quantitative estimate of drug-likeness (QED) is 0.698. The molecular formula is C7H9NO4. The number of hydrogen-bond acceptors (Lipinski definition) is 3. The second-order valence-electron chi connectivity index (χ2n) is 2.40. The van der Waals surface area contributed by atoms with Gasteiger partial charge in [0, 0.05) is 0 Å². The molecule has 0 saturated heterocycles. The van der Waals surface area contributed by atoms with Gasteiger partial charge in [0.25, 0.3) is 5.56 Å². The summed E-state index contributed by atoms with van der Waals surface area (Å²) < 4.78 is 4.47. The molecule has 1 rings (SSSR count). The van der Waals surface area contributed by atoms with E-state index in [4.69, 9.17) is 5.11 Å². The number of carboxylic acids is 1. The number of aromatic carboxylic acids is 1. The van der Waals surface area contributed by atoms with E-state index in [9.17, 15) is 9.59 Å². The Labute approximate surface area is 68.0 Å². The fourth-order valence-corrected chi connectivity index (χ4v) is 0.973. The summed E-state index contributed by atoms with van der Waals surface area (Å²) in [7, 11) is 0. The highest BCUT2D eigenvalue weighted by molar-refractivity contribution is 5.85. The third-order valence-corrected chi connectivity index (χ3v) is 1.49. The summed E-state index contributed by atoms with van der Waals surface area (Å²) in [4.78, 5) is 21.4. The average molecular weight is 171 g/mol. The zero-order chi connectivity index (χ0) is 9.14. The normalized spacial score (nSPS) is 10.1. The van der Waals surface area contributed by atoms with Crippen molar-refractivity contribution >= 4 is 5.97 Å². The molecule has 12 heavy (non-hydrogen) atoms. The molecule has 0 aromatic carbocycles. The van der Waals surface area contributed by atoms with Crippen LogP contribution >= 0.6 is 0 Å². The van der Waals surface area contributed by atoms with Crippen molar-refractivity contribution in [3.63, 3.8) is 0 Å². The monoisotopic (exact) mass is 171 g/mol. The van der Waals surface area contributed by atoms with E-state index in [0.717, 1.165) is 0 Å². The van der Waals surface area contributed by atoms with Crippen LogP contribution in [0.2, 0.25) is 0 Å². The largest absolute Gasteiger partial charge is 0.475 e. The van der Waals surface area contributed by atoms with Crippen LogP contribution in [-0.4, -0.2) is 16.2 Å². The molecule has 1 aromatic rings. The number of hydrogen-bond donors (Lipinski definition) is 2. The zero-order valence-corrected chi connectivity index (χ0v) is 6.59. The van der Waals surface area contributed by atoms with E-state index >= 15 is 0 Å². The highest BCUT2D eigenvalue weighted by Gasteiger charge is 2.17. The van der Waals surface area contributed by atoms with Gasteiger partial charge < -0.3 is 9.63 Å². The summed E-state index contributed by atoms with van der Waals surface area (Å²) in [5.74, 6) is -1.49. The van der Waals surface area contributed by atoms with Crippen LogP contribution in [0.3, 0.4) is 0 Å². The maximum Gasteiger partial charge on any atom is 0.375 e.